The molecular formula is C12H16N2O2. The predicted octanol–water partition coefficient (Wildman–Crippen LogP) is 1.97. The number of benzene rings is 1. The largest absolute Gasteiger partial charge is 0.481 e. The standard InChI is InChI=1S/C12H16N2O2/c1-9(2)13-14-12(15)10(3)16-11-7-5-4-6-8-11/h4-8,10H,1-3H3,(H,14,15)/t10-/m1/s1. The van der Waals surface area contributed by atoms with Crippen molar-refractivity contribution in [2.24, 2.45) is 5.10 Å². The quantitative estimate of drug-likeness (QED) is 0.623. The molecule has 1 aromatic carbocycles. The number of nitrogens with one attached hydrogen (secondary N) is 1. The highest BCUT2D eigenvalue weighted by atomic mass is 16.5. The zero-order chi connectivity index (χ0) is 12.0. The minimum Gasteiger partial charge on any atom is -0.481 e. The minimum atomic E-state index is -0.564. The van der Waals surface area contributed by atoms with Crippen LogP contribution in [0.4, 0.5) is 0 Å². The maximum atomic E-state index is 11.5. The first-order chi connectivity index (χ1) is 7.59. The second-order valence-corrected chi connectivity index (χ2v) is 3.61. The van der Waals surface area contributed by atoms with Gasteiger partial charge in [0.25, 0.3) is 5.91 Å². The second kappa shape index (κ2) is 5.90. The highest BCUT2D eigenvalue weighted by molar-refractivity contribution is 5.84. The zero-order valence-electron chi connectivity index (χ0n) is 9.73. The van der Waals surface area contributed by atoms with Gasteiger partial charge in [-0.1, -0.05) is 18.2 Å². The van der Waals surface area contributed by atoms with E-state index >= 15 is 0 Å². The summed E-state index contributed by atoms with van der Waals surface area (Å²) < 4.78 is 5.43. The van der Waals surface area contributed by atoms with Gasteiger partial charge in [-0.05, 0) is 32.9 Å². The average molecular weight is 220 g/mol. The van der Waals surface area contributed by atoms with E-state index in [4.69, 9.17) is 4.74 Å². The van der Waals surface area contributed by atoms with Gasteiger partial charge in [0.05, 0.1) is 0 Å². The number of nitrogens with zero attached hydrogens (tertiary/aromatic N) is 1. The molecule has 0 unspecified atom stereocenters. The minimum absolute atomic E-state index is 0.259. The molecule has 1 atom stereocenters. The van der Waals surface area contributed by atoms with Crippen LogP contribution in [0.1, 0.15) is 20.8 Å². The van der Waals surface area contributed by atoms with Gasteiger partial charge in [0.2, 0.25) is 0 Å². The van der Waals surface area contributed by atoms with Crippen LogP contribution >= 0.6 is 0 Å². The Kier molecular flexibility index (Phi) is 4.51. The normalized spacial score (nSPS) is 11.4. The van der Waals surface area contributed by atoms with Crippen molar-refractivity contribution in [1.82, 2.24) is 5.43 Å². The average Bonchev–Trinajstić information content (AvgIpc) is 2.27. The van der Waals surface area contributed by atoms with E-state index in [-0.39, 0.29) is 5.91 Å². The Balaban J connectivity index is 2.49. The number of hydrazone groups is 1. The van der Waals surface area contributed by atoms with E-state index in [9.17, 15) is 4.79 Å². The number of hydrogen-bond acceptors (Lipinski definition) is 3. The van der Waals surface area contributed by atoms with Crippen LogP contribution in [0.25, 0.3) is 0 Å². The lowest BCUT2D eigenvalue weighted by Crippen LogP contribution is -2.33. The van der Waals surface area contributed by atoms with Gasteiger partial charge in [0.1, 0.15) is 5.75 Å². The molecule has 0 saturated carbocycles. The third-order valence-corrected chi connectivity index (χ3v) is 1.81. The van der Waals surface area contributed by atoms with Crippen LogP contribution in [0.15, 0.2) is 35.4 Å². The fourth-order valence-electron chi connectivity index (χ4n) is 1.01. The third-order valence-electron chi connectivity index (χ3n) is 1.81. The Morgan fingerprint density at radius 3 is 2.50 bits per heavy atom. The number of rotatable bonds is 4. The number of carbonyl (C=O) groups excluding carboxylic acids is 1. The molecule has 0 bridgehead atoms. The van der Waals surface area contributed by atoms with E-state index < -0.39 is 6.10 Å². The molecule has 1 aromatic rings. The number of ether oxygens (including phenoxy) is 1. The van der Waals surface area contributed by atoms with E-state index in [1.54, 1.807) is 19.1 Å². The van der Waals surface area contributed by atoms with Crippen LogP contribution < -0.4 is 10.2 Å². The van der Waals surface area contributed by atoms with Crippen molar-refractivity contribution in [2.45, 2.75) is 26.9 Å². The highest BCUT2D eigenvalue weighted by Crippen LogP contribution is 2.10. The Morgan fingerprint density at radius 2 is 1.94 bits per heavy atom. The van der Waals surface area contributed by atoms with Gasteiger partial charge in [-0.25, -0.2) is 5.43 Å². The summed E-state index contributed by atoms with van der Waals surface area (Å²) in [5, 5.41) is 3.82. The molecule has 0 aromatic heterocycles. The van der Waals surface area contributed by atoms with Crippen LogP contribution in [0.2, 0.25) is 0 Å². The molecule has 0 heterocycles. The van der Waals surface area contributed by atoms with Crippen molar-refractivity contribution in [1.29, 1.82) is 0 Å². The molecule has 16 heavy (non-hydrogen) atoms. The van der Waals surface area contributed by atoms with E-state index in [0.717, 1.165) is 5.71 Å². The molecule has 1 amide bonds. The van der Waals surface area contributed by atoms with Crippen molar-refractivity contribution in [3.05, 3.63) is 30.3 Å². The van der Waals surface area contributed by atoms with Gasteiger partial charge in [-0.3, -0.25) is 4.79 Å². The summed E-state index contributed by atoms with van der Waals surface area (Å²) in [6, 6.07) is 9.21. The third kappa shape index (κ3) is 4.13. The van der Waals surface area contributed by atoms with Gasteiger partial charge < -0.3 is 4.74 Å². The first-order valence-electron chi connectivity index (χ1n) is 5.12. The molecule has 0 fully saturated rings. The molecule has 0 radical (unpaired) electrons. The summed E-state index contributed by atoms with van der Waals surface area (Å²) >= 11 is 0. The summed E-state index contributed by atoms with van der Waals surface area (Å²) in [5.41, 5.74) is 3.22. The Hall–Kier alpha value is -1.84. The SMILES string of the molecule is CC(C)=NNC(=O)[C@@H](C)Oc1ccccc1. The summed E-state index contributed by atoms with van der Waals surface area (Å²) in [7, 11) is 0. The molecule has 1 rings (SSSR count). The first-order valence-corrected chi connectivity index (χ1v) is 5.12. The molecule has 0 saturated heterocycles. The molecule has 0 aliphatic rings. The van der Waals surface area contributed by atoms with Crippen molar-refractivity contribution in [2.75, 3.05) is 0 Å². The van der Waals surface area contributed by atoms with E-state index in [0.29, 0.717) is 5.75 Å². The summed E-state index contributed by atoms with van der Waals surface area (Å²) in [5.74, 6) is 0.410. The Bertz CT molecular complexity index is 370. The van der Waals surface area contributed by atoms with Gasteiger partial charge in [-0.15, -0.1) is 0 Å². The number of hydrogen-bond donors (Lipinski definition) is 1. The molecule has 86 valence electrons. The summed E-state index contributed by atoms with van der Waals surface area (Å²) in [6.07, 6.45) is -0.564. The number of amides is 1. The molecule has 0 spiro atoms. The Morgan fingerprint density at radius 1 is 1.31 bits per heavy atom. The molecule has 0 aliphatic heterocycles. The van der Waals surface area contributed by atoms with Crippen molar-refractivity contribution in [3.63, 3.8) is 0 Å². The maximum Gasteiger partial charge on any atom is 0.280 e. The number of para-hydroxylation sites is 1. The van der Waals surface area contributed by atoms with Gasteiger partial charge >= 0.3 is 0 Å². The Labute approximate surface area is 95.3 Å². The highest BCUT2D eigenvalue weighted by Gasteiger charge is 2.13. The van der Waals surface area contributed by atoms with Gasteiger partial charge in [-0.2, -0.15) is 5.10 Å². The monoisotopic (exact) mass is 220 g/mol. The van der Waals surface area contributed by atoms with Gasteiger partial charge in [0.15, 0.2) is 6.10 Å². The van der Waals surface area contributed by atoms with E-state index in [2.05, 4.69) is 10.5 Å². The molecule has 4 heteroatoms. The van der Waals surface area contributed by atoms with E-state index in [1.807, 2.05) is 32.0 Å². The van der Waals surface area contributed by atoms with Crippen LogP contribution in [0, 0.1) is 0 Å². The topological polar surface area (TPSA) is 50.7 Å². The first kappa shape index (κ1) is 12.2. The van der Waals surface area contributed by atoms with Crippen LogP contribution in [0.3, 0.4) is 0 Å². The summed E-state index contributed by atoms with van der Waals surface area (Å²) in [6.45, 7) is 5.30. The maximum absolute atomic E-state index is 11.5. The van der Waals surface area contributed by atoms with E-state index in [1.165, 1.54) is 0 Å². The fourth-order valence-corrected chi connectivity index (χ4v) is 1.01. The molecule has 0 aliphatic carbocycles. The fraction of sp³-hybridized carbons (Fsp3) is 0.333. The second-order valence-electron chi connectivity index (χ2n) is 3.61. The van der Waals surface area contributed by atoms with Crippen molar-refractivity contribution < 1.29 is 9.53 Å². The van der Waals surface area contributed by atoms with Crippen LogP contribution in [0.5, 0.6) is 5.75 Å². The molecule has 4 nitrogen and oxygen atoms in total. The predicted molar refractivity (Wildman–Crippen MR) is 63.5 cm³/mol. The van der Waals surface area contributed by atoms with Crippen LogP contribution in [-0.4, -0.2) is 17.7 Å². The van der Waals surface area contributed by atoms with Crippen molar-refractivity contribution >= 4 is 11.6 Å². The lowest BCUT2D eigenvalue weighted by molar-refractivity contribution is -0.127. The molecule has 1 N–H and O–H groups in total. The zero-order valence-corrected chi connectivity index (χ0v) is 9.73. The smallest absolute Gasteiger partial charge is 0.280 e. The van der Waals surface area contributed by atoms with Crippen LogP contribution in [-0.2, 0) is 4.79 Å². The van der Waals surface area contributed by atoms with Crippen molar-refractivity contribution in [3.8, 4) is 5.75 Å². The van der Waals surface area contributed by atoms with Gasteiger partial charge in [0, 0.05) is 5.71 Å². The molecular weight excluding hydrogens is 204 g/mol. The lowest BCUT2D eigenvalue weighted by Gasteiger charge is -2.12. The lowest BCUT2D eigenvalue weighted by atomic mass is 10.3. The summed E-state index contributed by atoms with van der Waals surface area (Å²) in [4.78, 5) is 11.5. The number of carbonyl (C=O) groups is 1.